The Labute approximate surface area is 247 Å². The number of Topliss-reactive ketones (excluding diaryl/α,β-unsaturated/α-hetero) is 1. The predicted molar refractivity (Wildman–Crippen MR) is 156 cm³/mol. The summed E-state index contributed by atoms with van der Waals surface area (Å²) in [5.74, 6) is -0.508. The Kier molecular flexibility index (Phi) is 8.87. The minimum absolute atomic E-state index is 0.0521. The van der Waals surface area contributed by atoms with E-state index in [-0.39, 0.29) is 41.6 Å². The maximum atomic E-state index is 13.1. The van der Waals surface area contributed by atoms with Gasteiger partial charge in [0.2, 0.25) is 0 Å². The number of amides is 1. The van der Waals surface area contributed by atoms with Gasteiger partial charge in [0.05, 0.1) is 31.7 Å². The van der Waals surface area contributed by atoms with E-state index in [0.717, 1.165) is 11.1 Å². The third-order valence-electron chi connectivity index (χ3n) is 7.18. The first-order valence-electron chi connectivity index (χ1n) is 13.1. The first kappa shape index (κ1) is 29.0. The van der Waals surface area contributed by atoms with E-state index in [0.29, 0.717) is 34.1 Å². The Balaban J connectivity index is 1.42. The van der Waals surface area contributed by atoms with Gasteiger partial charge in [0.25, 0.3) is 5.91 Å². The number of hydrogen-bond acceptors (Lipinski definition) is 6. The first-order chi connectivity index (χ1) is 19.7. The fraction of sp³-hybridized carbons (Fsp3) is 0.258. The highest BCUT2D eigenvalue weighted by Crippen LogP contribution is 2.42. The van der Waals surface area contributed by atoms with Crippen molar-refractivity contribution in [1.82, 2.24) is 9.55 Å². The Morgan fingerprint density at radius 3 is 2.39 bits per heavy atom. The zero-order valence-electron chi connectivity index (χ0n) is 22.5. The Morgan fingerprint density at radius 2 is 1.71 bits per heavy atom. The smallest absolute Gasteiger partial charge is 0.255 e. The average Bonchev–Trinajstić information content (AvgIpc) is 3.30. The Hall–Kier alpha value is -3.53. The summed E-state index contributed by atoms with van der Waals surface area (Å²) in [5, 5.41) is 12.9. The number of ether oxygens (including phenoxy) is 2. The second kappa shape index (κ2) is 12.5. The van der Waals surface area contributed by atoms with Crippen LogP contribution in [0, 0.1) is 5.92 Å². The molecule has 10 heteroatoms. The van der Waals surface area contributed by atoms with Crippen molar-refractivity contribution in [3.8, 4) is 0 Å². The van der Waals surface area contributed by atoms with Crippen molar-refractivity contribution >= 4 is 40.6 Å². The SMILES string of the molecule is CC(=O)c1cccc(NC(=O)c2cccc(C3O[C@H](Cn4cnc(Cl)c4Cl)[C@H](C)[C@H](c4ccc(CO)cc4)O3)c2)c1. The molecule has 0 bridgehead atoms. The van der Waals surface area contributed by atoms with E-state index in [1.54, 1.807) is 53.4 Å². The standard InChI is InChI=1S/C31H29Cl2N3O5/c1-18-26(15-36-17-34-28(32)29(36)33)40-31(41-27(18)21-11-9-20(16-37)10-12-21)24-7-3-6-23(13-24)30(39)35-25-8-4-5-22(14-25)19(2)38/h3-14,17-18,26-27,31,37H,15-16H2,1-2H3,(H,35,39)/t18-,26+,27+,31?/m0/s1. The molecule has 2 N–H and O–H groups in total. The summed E-state index contributed by atoms with van der Waals surface area (Å²) in [5.41, 5.74) is 3.84. The molecule has 1 fully saturated rings. The fourth-order valence-corrected chi connectivity index (χ4v) is 5.15. The Morgan fingerprint density at radius 1 is 0.976 bits per heavy atom. The van der Waals surface area contributed by atoms with Crippen LogP contribution in [0.4, 0.5) is 5.69 Å². The number of imidazole rings is 1. The summed E-state index contributed by atoms with van der Waals surface area (Å²) < 4.78 is 14.7. The monoisotopic (exact) mass is 593 g/mol. The molecule has 0 radical (unpaired) electrons. The molecule has 1 unspecified atom stereocenters. The summed E-state index contributed by atoms with van der Waals surface area (Å²) in [6, 6.07) is 21.4. The molecule has 5 rings (SSSR count). The van der Waals surface area contributed by atoms with Crippen LogP contribution in [-0.2, 0) is 22.6 Å². The van der Waals surface area contributed by atoms with Crippen LogP contribution in [0.1, 0.15) is 63.6 Å². The zero-order valence-corrected chi connectivity index (χ0v) is 24.0. The van der Waals surface area contributed by atoms with Crippen molar-refractivity contribution in [1.29, 1.82) is 0 Å². The molecule has 1 aromatic heterocycles. The molecule has 212 valence electrons. The van der Waals surface area contributed by atoms with E-state index < -0.39 is 6.29 Å². The molecule has 8 nitrogen and oxygen atoms in total. The molecule has 0 spiro atoms. The Bertz CT molecular complexity index is 1560. The highest BCUT2D eigenvalue weighted by molar-refractivity contribution is 6.40. The van der Waals surface area contributed by atoms with E-state index in [2.05, 4.69) is 10.3 Å². The molecule has 1 amide bonds. The third kappa shape index (κ3) is 6.53. The molecule has 4 atom stereocenters. The maximum Gasteiger partial charge on any atom is 0.255 e. The van der Waals surface area contributed by atoms with Gasteiger partial charge in [0.1, 0.15) is 5.15 Å². The molecular weight excluding hydrogens is 565 g/mol. The number of carbonyl (C=O) groups excluding carboxylic acids is 2. The van der Waals surface area contributed by atoms with Crippen LogP contribution in [0.25, 0.3) is 0 Å². The number of rotatable bonds is 8. The summed E-state index contributed by atoms with van der Waals surface area (Å²) in [6.45, 7) is 3.85. The van der Waals surface area contributed by atoms with Crippen LogP contribution >= 0.6 is 23.2 Å². The average molecular weight is 594 g/mol. The molecule has 1 aliphatic rings. The molecule has 41 heavy (non-hydrogen) atoms. The minimum Gasteiger partial charge on any atom is -0.392 e. The summed E-state index contributed by atoms with van der Waals surface area (Å²) in [7, 11) is 0. The van der Waals surface area contributed by atoms with Crippen LogP contribution in [0.3, 0.4) is 0 Å². The van der Waals surface area contributed by atoms with Gasteiger partial charge in [-0.2, -0.15) is 0 Å². The van der Waals surface area contributed by atoms with Gasteiger partial charge < -0.3 is 24.5 Å². The summed E-state index contributed by atoms with van der Waals surface area (Å²) >= 11 is 12.4. The topological polar surface area (TPSA) is 103 Å². The molecule has 4 aromatic rings. The van der Waals surface area contributed by atoms with E-state index >= 15 is 0 Å². The van der Waals surface area contributed by atoms with Crippen LogP contribution in [0.2, 0.25) is 10.3 Å². The van der Waals surface area contributed by atoms with Crippen LogP contribution in [-0.4, -0.2) is 32.5 Å². The molecule has 0 saturated carbocycles. The number of aliphatic hydroxyl groups is 1. The number of anilines is 1. The van der Waals surface area contributed by atoms with Gasteiger partial charge in [0, 0.05) is 28.3 Å². The number of aliphatic hydroxyl groups excluding tert-OH is 1. The number of ketones is 1. The van der Waals surface area contributed by atoms with Crippen molar-refractivity contribution in [2.24, 2.45) is 5.92 Å². The quantitative estimate of drug-likeness (QED) is 0.222. The van der Waals surface area contributed by atoms with Crippen molar-refractivity contribution in [2.45, 2.75) is 45.5 Å². The molecular formula is C31H29Cl2N3O5. The van der Waals surface area contributed by atoms with Gasteiger partial charge in [-0.1, -0.05) is 78.7 Å². The van der Waals surface area contributed by atoms with E-state index in [9.17, 15) is 14.7 Å². The van der Waals surface area contributed by atoms with Crippen molar-refractivity contribution in [2.75, 3.05) is 5.32 Å². The lowest BCUT2D eigenvalue weighted by Crippen LogP contribution is -2.39. The fourth-order valence-electron chi connectivity index (χ4n) is 4.84. The normalized spacial score (nSPS) is 20.5. The van der Waals surface area contributed by atoms with E-state index in [1.165, 1.54) is 6.92 Å². The zero-order chi connectivity index (χ0) is 29.1. The number of nitrogens with zero attached hydrogens (tertiary/aromatic N) is 2. The number of benzene rings is 3. The van der Waals surface area contributed by atoms with E-state index in [1.807, 2.05) is 37.3 Å². The molecule has 2 heterocycles. The maximum absolute atomic E-state index is 13.1. The lowest BCUT2D eigenvalue weighted by molar-refractivity contribution is -0.276. The van der Waals surface area contributed by atoms with Crippen LogP contribution in [0.5, 0.6) is 0 Å². The van der Waals surface area contributed by atoms with E-state index in [4.69, 9.17) is 32.7 Å². The summed E-state index contributed by atoms with van der Waals surface area (Å²) in [4.78, 5) is 29.0. The highest BCUT2D eigenvalue weighted by atomic mass is 35.5. The third-order valence-corrected chi connectivity index (χ3v) is 7.95. The van der Waals surface area contributed by atoms with Gasteiger partial charge in [0.15, 0.2) is 17.2 Å². The second-order valence-electron chi connectivity index (χ2n) is 10.0. The number of aromatic nitrogens is 2. The van der Waals surface area contributed by atoms with Crippen molar-refractivity contribution in [3.05, 3.63) is 117 Å². The number of halogens is 2. The lowest BCUT2D eigenvalue weighted by Gasteiger charge is -2.41. The van der Waals surface area contributed by atoms with Crippen molar-refractivity contribution < 1.29 is 24.2 Å². The molecule has 1 saturated heterocycles. The van der Waals surface area contributed by atoms with Crippen LogP contribution in [0.15, 0.2) is 79.1 Å². The van der Waals surface area contributed by atoms with Gasteiger partial charge in [-0.25, -0.2) is 4.98 Å². The van der Waals surface area contributed by atoms with Gasteiger partial charge in [-0.15, -0.1) is 0 Å². The molecule has 1 aliphatic heterocycles. The summed E-state index contributed by atoms with van der Waals surface area (Å²) in [6.07, 6.45) is 0.0923. The van der Waals surface area contributed by atoms with Gasteiger partial charge >= 0.3 is 0 Å². The highest BCUT2D eigenvalue weighted by Gasteiger charge is 2.39. The second-order valence-corrected chi connectivity index (χ2v) is 10.7. The lowest BCUT2D eigenvalue weighted by atomic mass is 9.90. The minimum atomic E-state index is -0.787. The van der Waals surface area contributed by atoms with Gasteiger partial charge in [-0.3, -0.25) is 9.59 Å². The van der Waals surface area contributed by atoms with Crippen LogP contribution < -0.4 is 5.32 Å². The first-order valence-corrected chi connectivity index (χ1v) is 13.9. The van der Waals surface area contributed by atoms with Gasteiger partial charge in [-0.05, 0) is 42.3 Å². The largest absolute Gasteiger partial charge is 0.392 e. The molecule has 0 aliphatic carbocycles. The number of nitrogens with one attached hydrogen (secondary N) is 1. The van der Waals surface area contributed by atoms with Crippen molar-refractivity contribution in [3.63, 3.8) is 0 Å². The number of hydrogen-bond donors (Lipinski definition) is 2. The predicted octanol–water partition coefficient (Wildman–Crippen LogP) is 6.63. The molecule has 3 aromatic carbocycles. The number of carbonyl (C=O) groups is 2.